The Bertz CT molecular complexity index is 443. The lowest BCUT2D eigenvalue weighted by Crippen LogP contribution is -2.53. The first kappa shape index (κ1) is 21.2. The molecule has 2 aliphatic rings. The Hall–Kier alpha value is -1.14. The van der Waals surface area contributed by atoms with Gasteiger partial charge in [0.05, 0.1) is 13.1 Å². The van der Waals surface area contributed by atoms with Crippen LogP contribution in [0.3, 0.4) is 0 Å². The second-order valence-corrected chi connectivity index (χ2v) is 8.34. The zero-order valence-corrected chi connectivity index (χ0v) is 17.2. The highest BCUT2D eigenvalue weighted by molar-refractivity contribution is 5.79. The number of hydrogen-bond acceptors (Lipinski definition) is 4. The van der Waals surface area contributed by atoms with Gasteiger partial charge in [-0.2, -0.15) is 0 Å². The molecular formula is C20H38N4O2. The third kappa shape index (κ3) is 6.23. The molecule has 0 aliphatic carbocycles. The van der Waals surface area contributed by atoms with E-state index in [0.717, 1.165) is 52.1 Å². The molecular weight excluding hydrogens is 328 g/mol. The number of hydrogen-bond donors (Lipinski definition) is 0. The molecule has 0 radical (unpaired) electrons. The van der Waals surface area contributed by atoms with E-state index in [1.165, 1.54) is 12.8 Å². The van der Waals surface area contributed by atoms with Gasteiger partial charge in [0.1, 0.15) is 0 Å². The Labute approximate surface area is 159 Å². The van der Waals surface area contributed by atoms with E-state index in [0.29, 0.717) is 13.1 Å². The summed E-state index contributed by atoms with van der Waals surface area (Å²) in [5.74, 6) is 0.492. The van der Waals surface area contributed by atoms with Gasteiger partial charge in [-0.15, -0.1) is 0 Å². The van der Waals surface area contributed by atoms with Crippen molar-refractivity contribution in [1.29, 1.82) is 0 Å². The van der Waals surface area contributed by atoms with Gasteiger partial charge >= 0.3 is 0 Å². The van der Waals surface area contributed by atoms with Crippen LogP contribution in [0.15, 0.2) is 0 Å². The highest BCUT2D eigenvalue weighted by Gasteiger charge is 2.26. The molecule has 0 aromatic rings. The zero-order chi connectivity index (χ0) is 19.1. The molecule has 26 heavy (non-hydrogen) atoms. The van der Waals surface area contributed by atoms with Crippen LogP contribution in [0.2, 0.25) is 0 Å². The van der Waals surface area contributed by atoms with Crippen molar-refractivity contribution in [2.75, 3.05) is 52.4 Å². The molecule has 2 aliphatic heterocycles. The Morgan fingerprint density at radius 3 is 1.65 bits per heavy atom. The summed E-state index contributed by atoms with van der Waals surface area (Å²) in [5, 5.41) is 0. The predicted molar refractivity (Wildman–Crippen MR) is 105 cm³/mol. The van der Waals surface area contributed by atoms with Gasteiger partial charge in [0.25, 0.3) is 0 Å². The number of likely N-dealkylation sites (tertiary alicyclic amines) is 1. The topological polar surface area (TPSA) is 47.1 Å². The molecule has 0 unspecified atom stereocenters. The Morgan fingerprint density at radius 1 is 0.731 bits per heavy atom. The van der Waals surface area contributed by atoms with Crippen LogP contribution in [0, 0.1) is 0 Å². The maximum absolute atomic E-state index is 12.6. The minimum atomic E-state index is 0.212. The summed E-state index contributed by atoms with van der Waals surface area (Å²) in [5.41, 5.74) is 0. The van der Waals surface area contributed by atoms with Gasteiger partial charge < -0.3 is 9.80 Å². The summed E-state index contributed by atoms with van der Waals surface area (Å²) in [6.45, 7) is 14.6. The Kier molecular flexibility index (Phi) is 8.35. The van der Waals surface area contributed by atoms with Gasteiger partial charge in [-0.05, 0) is 40.5 Å². The number of rotatable bonds is 6. The summed E-state index contributed by atoms with van der Waals surface area (Å²) in [6.07, 6.45) is 4.79. The van der Waals surface area contributed by atoms with Crippen LogP contribution in [0.4, 0.5) is 0 Å². The quantitative estimate of drug-likeness (QED) is 0.717. The van der Waals surface area contributed by atoms with E-state index in [1.54, 1.807) is 0 Å². The lowest BCUT2D eigenvalue weighted by Gasteiger charge is -2.37. The largest absolute Gasteiger partial charge is 0.342 e. The van der Waals surface area contributed by atoms with Gasteiger partial charge in [-0.3, -0.25) is 19.4 Å². The van der Waals surface area contributed by atoms with Crippen LogP contribution in [0.25, 0.3) is 0 Å². The molecule has 0 aromatic carbocycles. The minimum Gasteiger partial charge on any atom is -0.342 e. The van der Waals surface area contributed by atoms with Crippen molar-refractivity contribution in [3.8, 4) is 0 Å². The van der Waals surface area contributed by atoms with Crippen molar-refractivity contribution in [2.24, 2.45) is 0 Å². The SMILES string of the molecule is CC(C)N(C(=O)CN1CCN(CC(=O)N2CCCCCC2)CC1)C(C)C. The second-order valence-electron chi connectivity index (χ2n) is 8.34. The van der Waals surface area contributed by atoms with Crippen LogP contribution in [-0.2, 0) is 9.59 Å². The van der Waals surface area contributed by atoms with Crippen LogP contribution in [-0.4, -0.2) is 95.9 Å². The Morgan fingerprint density at radius 2 is 1.19 bits per heavy atom. The van der Waals surface area contributed by atoms with E-state index in [1.807, 2.05) is 9.80 Å². The highest BCUT2D eigenvalue weighted by Crippen LogP contribution is 2.12. The molecule has 2 heterocycles. The number of amides is 2. The van der Waals surface area contributed by atoms with Crippen molar-refractivity contribution in [1.82, 2.24) is 19.6 Å². The molecule has 2 fully saturated rings. The van der Waals surface area contributed by atoms with Gasteiger partial charge in [0.2, 0.25) is 11.8 Å². The van der Waals surface area contributed by atoms with E-state index >= 15 is 0 Å². The van der Waals surface area contributed by atoms with Gasteiger partial charge in [-0.1, -0.05) is 12.8 Å². The van der Waals surface area contributed by atoms with E-state index in [9.17, 15) is 9.59 Å². The second kappa shape index (κ2) is 10.3. The maximum atomic E-state index is 12.6. The fraction of sp³-hybridized carbons (Fsp3) is 0.900. The fourth-order valence-corrected chi connectivity index (χ4v) is 4.16. The van der Waals surface area contributed by atoms with Crippen molar-refractivity contribution in [3.63, 3.8) is 0 Å². The molecule has 2 rings (SSSR count). The normalized spacial score (nSPS) is 20.5. The molecule has 0 N–H and O–H groups in total. The lowest BCUT2D eigenvalue weighted by atomic mass is 10.2. The van der Waals surface area contributed by atoms with Crippen molar-refractivity contribution < 1.29 is 9.59 Å². The Balaban J connectivity index is 1.74. The first-order valence-corrected chi connectivity index (χ1v) is 10.4. The fourth-order valence-electron chi connectivity index (χ4n) is 4.16. The van der Waals surface area contributed by atoms with E-state index in [2.05, 4.69) is 37.5 Å². The van der Waals surface area contributed by atoms with Crippen molar-refractivity contribution in [2.45, 2.75) is 65.5 Å². The average molecular weight is 367 g/mol. The third-order valence-corrected chi connectivity index (χ3v) is 5.54. The molecule has 2 amide bonds. The van der Waals surface area contributed by atoms with Gasteiger partial charge in [-0.25, -0.2) is 0 Å². The van der Waals surface area contributed by atoms with E-state index in [4.69, 9.17) is 0 Å². The van der Waals surface area contributed by atoms with Crippen LogP contribution < -0.4 is 0 Å². The summed E-state index contributed by atoms with van der Waals surface area (Å²) in [6, 6.07) is 0.463. The van der Waals surface area contributed by atoms with E-state index < -0.39 is 0 Å². The van der Waals surface area contributed by atoms with Crippen LogP contribution >= 0.6 is 0 Å². The molecule has 0 spiro atoms. The molecule has 6 heteroatoms. The van der Waals surface area contributed by atoms with Gasteiger partial charge in [0, 0.05) is 51.4 Å². The average Bonchev–Trinajstić information content (AvgIpc) is 2.85. The molecule has 0 bridgehead atoms. The van der Waals surface area contributed by atoms with Crippen molar-refractivity contribution in [3.05, 3.63) is 0 Å². The summed E-state index contributed by atoms with van der Waals surface area (Å²) in [7, 11) is 0. The molecule has 150 valence electrons. The molecule has 6 nitrogen and oxygen atoms in total. The first-order valence-electron chi connectivity index (χ1n) is 10.4. The maximum Gasteiger partial charge on any atom is 0.237 e. The van der Waals surface area contributed by atoms with Crippen LogP contribution in [0.1, 0.15) is 53.4 Å². The zero-order valence-electron chi connectivity index (χ0n) is 17.2. The number of carbonyl (C=O) groups excluding carboxylic acids is 2. The summed E-state index contributed by atoms with van der Waals surface area (Å²) >= 11 is 0. The first-order chi connectivity index (χ1) is 12.4. The molecule has 2 saturated heterocycles. The highest BCUT2D eigenvalue weighted by atomic mass is 16.2. The smallest absolute Gasteiger partial charge is 0.237 e. The molecule has 0 atom stereocenters. The minimum absolute atomic E-state index is 0.212. The van der Waals surface area contributed by atoms with Crippen molar-refractivity contribution >= 4 is 11.8 Å². The standard InChI is InChI=1S/C20H38N4O2/c1-17(2)24(18(3)4)20(26)16-22-13-11-21(12-14-22)15-19(25)23-9-7-5-6-8-10-23/h17-18H,5-16H2,1-4H3. The number of nitrogens with zero attached hydrogens (tertiary/aromatic N) is 4. The third-order valence-electron chi connectivity index (χ3n) is 5.54. The van der Waals surface area contributed by atoms with Gasteiger partial charge in [0.15, 0.2) is 0 Å². The monoisotopic (exact) mass is 366 g/mol. The molecule has 0 aromatic heterocycles. The number of carbonyl (C=O) groups is 2. The van der Waals surface area contributed by atoms with E-state index in [-0.39, 0.29) is 23.9 Å². The lowest BCUT2D eigenvalue weighted by molar-refractivity contribution is -0.137. The molecule has 0 saturated carbocycles. The summed E-state index contributed by atoms with van der Waals surface area (Å²) in [4.78, 5) is 33.6. The number of piperazine rings is 1. The predicted octanol–water partition coefficient (Wildman–Crippen LogP) is 1.65. The van der Waals surface area contributed by atoms with Crippen LogP contribution in [0.5, 0.6) is 0 Å². The summed E-state index contributed by atoms with van der Waals surface area (Å²) < 4.78 is 0.